The summed E-state index contributed by atoms with van der Waals surface area (Å²) in [5.74, 6) is -9.73. The van der Waals surface area contributed by atoms with Crippen LogP contribution in [0.4, 0.5) is 0 Å². The maximum Gasteiger partial charge on any atom is 0.360 e. The number of carbonyl (C=O) groups is 4. The third kappa shape index (κ3) is 3.23. The van der Waals surface area contributed by atoms with E-state index in [4.69, 9.17) is 14.9 Å². The van der Waals surface area contributed by atoms with E-state index in [-0.39, 0.29) is 6.42 Å². The molecular formula is C14H14O9. The average Bonchev–Trinajstić information content (AvgIpc) is 2.46. The topological polar surface area (TPSA) is 158 Å². The highest BCUT2D eigenvalue weighted by molar-refractivity contribution is 6.06. The number of hydrogen-bond donors (Lipinski definition) is 4. The molecular weight excluding hydrogens is 312 g/mol. The molecule has 1 aromatic carbocycles. The zero-order chi connectivity index (χ0) is 17.8. The maximum atomic E-state index is 11.5. The first-order valence-corrected chi connectivity index (χ1v) is 6.39. The van der Waals surface area contributed by atoms with Crippen molar-refractivity contribution >= 4 is 23.9 Å². The average molecular weight is 326 g/mol. The Kier molecular flexibility index (Phi) is 5.29. The number of benzene rings is 1. The summed E-state index contributed by atoms with van der Waals surface area (Å²) >= 11 is 0. The highest BCUT2D eigenvalue weighted by Gasteiger charge is 2.59. The van der Waals surface area contributed by atoms with Crippen LogP contribution in [0.2, 0.25) is 0 Å². The minimum atomic E-state index is -3.16. The second kappa shape index (κ2) is 6.77. The second-order valence-corrected chi connectivity index (χ2v) is 4.55. The zero-order valence-corrected chi connectivity index (χ0v) is 11.9. The minimum Gasteiger partial charge on any atom is -0.481 e. The van der Waals surface area contributed by atoms with Gasteiger partial charge in [0.05, 0.1) is 0 Å². The van der Waals surface area contributed by atoms with Gasteiger partial charge in [0.15, 0.2) is 0 Å². The van der Waals surface area contributed by atoms with Crippen molar-refractivity contribution in [3.63, 3.8) is 0 Å². The number of carboxylic acids is 4. The number of aliphatic carboxylic acids is 3. The normalized spacial score (nSPS) is 12.2. The van der Waals surface area contributed by atoms with Crippen LogP contribution in [0.3, 0.4) is 0 Å². The lowest BCUT2D eigenvalue weighted by atomic mass is 9.84. The summed E-state index contributed by atoms with van der Waals surface area (Å²) in [6, 6.07) is 4.76. The summed E-state index contributed by atoms with van der Waals surface area (Å²) in [4.78, 5) is 45.5. The molecule has 0 spiro atoms. The van der Waals surface area contributed by atoms with Gasteiger partial charge in [0, 0.05) is 0 Å². The Morgan fingerprint density at radius 2 is 1.57 bits per heavy atom. The van der Waals surface area contributed by atoms with E-state index in [0.29, 0.717) is 0 Å². The molecule has 0 fully saturated rings. The van der Waals surface area contributed by atoms with E-state index < -0.39 is 46.7 Å². The van der Waals surface area contributed by atoms with Gasteiger partial charge in [0.2, 0.25) is 0 Å². The van der Waals surface area contributed by atoms with Gasteiger partial charge in [-0.15, -0.1) is 0 Å². The Labute approximate surface area is 129 Å². The van der Waals surface area contributed by atoms with E-state index in [9.17, 15) is 29.4 Å². The minimum absolute atomic E-state index is 0.358. The molecule has 0 radical (unpaired) electrons. The Morgan fingerprint density at radius 3 is 1.96 bits per heavy atom. The van der Waals surface area contributed by atoms with Gasteiger partial charge in [-0.05, 0) is 18.6 Å². The summed E-state index contributed by atoms with van der Waals surface area (Å²) in [7, 11) is 0. The molecule has 124 valence electrons. The van der Waals surface area contributed by atoms with Crippen LogP contribution in [0, 0.1) is 5.92 Å². The van der Waals surface area contributed by atoms with Gasteiger partial charge in [0.25, 0.3) is 0 Å². The van der Waals surface area contributed by atoms with Gasteiger partial charge in [-0.2, -0.15) is 0 Å². The Bertz CT molecular complexity index is 635. The van der Waals surface area contributed by atoms with E-state index in [2.05, 4.69) is 0 Å². The fourth-order valence-corrected chi connectivity index (χ4v) is 2.09. The van der Waals surface area contributed by atoms with E-state index in [0.717, 1.165) is 12.1 Å². The Hall–Kier alpha value is -3.10. The van der Waals surface area contributed by atoms with E-state index in [1.54, 1.807) is 0 Å². The molecule has 1 aromatic rings. The van der Waals surface area contributed by atoms with Crippen LogP contribution in [0.15, 0.2) is 24.3 Å². The summed E-state index contributed by atoms with van der Waals surface area (Å²) in [6.07, 6.45) is -0.358. The SMILES string of the molecule is CCC(C(=O)O)C(Oc1ccccc1C(=O)O)(C(=O)O)C(=O)O. The summed E-state index contributed by atoms with van der Waals surface area (Å²) in [5.41, 5.74) is -3.65. The third-order valence-corrected chi connectivity index (χ3v) is 3.22. The lowest BCUT2D eigenvalue weighted by Crippen LogP contribution is -2.59. The van der Waals surface area contributed by atoms with Crippen molar-refractivity contribution in [1.29, 1.82) is 0 Å². The van der Waals surface area contributed by atoms with Crippen LogP contribution in [-0.2, 0) is 14.4 Å². The largest absolute Gasteiger partial charge is 0.481 e. The van der Waals surface area contributed by atoms with Crippen molar-refractivity contribution in [2.75, 3.05) is 0 Å². The first-order chi connectivity index (χ1) is 10.7. The van der Waals surface area contributed by atoms with Crippen LogP contribution >= 0.6 is 0 Å². The van der Waals surface area contributed by atoms with Gasteiger partial charge in [-0.1, -0.05) is 19.1 Å². The van der Waals surface area contributed by atoms with Crippen LogP contribution < -0.4 is 4.74 Å². The van der Waals surface area contributed by atoms with Gasteiger partial charge >= 0.3 is 29.5 Å². The van der Waals surface area contributed by atoms with Crippen molar-refractivity contribution in [1.82, 2.24) is 0 Å². The molecule has 9 heteroatoms. The monoisotopic (exact) mass is 326 g/mol. The molecule has 0 saturated carbocycles. The highest BCUT2D eigenvalue weighted by atomic mass is 16.6. The van der Waals surface area contributed by atoms with Crippen LogP contribution in [0.25, 0.3) is 0 Å². The number of carboxylic acid groups (broad SMARTS) is 4. The quantitative estimate of drug-likeness (QED) is 0.506. The van der Waals surface area contributed by atoms with Crippen LogP contribution in [0.5, 0.6) is 5.75 Å². The van der Waals surface area contributed by atoms with Crippen LogP contribution in [-0.4, -0.2) is 49.9 Å². The molecule has 0 amide bonds. The van der Waals surface area contributed by atoms with E-state index >= 15 is 0 Å². The zero-order valence-electron chi connectivity index (χ0n) is 11.9. The Morgan fingerprint density at radius 1 is 1.04 bits per heavy atom. The third-order valence-electron chi connectivity index (χ3n) is 3.22. The van der Waals surface area contributed by atoms with E-state index in [1.165, 1.54) is 19.1 Å². The Balaban J connectivity index is 3.55. The van der Waals surface area contributed by atoms with Gasteiger partial charge in [0.1, 0.15) is 17.2 Å². The maximum absolute atomic E-state index is 11.5. The van der Waals surface area contributed by atoms with Crippen LogP contribution in [0.1, 0.15) is 23.7 Å². The predicted molar refractivity (Wildman–Crippen MR) is 73.4 cm³/mol. The lowest BCUT2D eigenvalue weighted by molar-refractivity contribution is -0.184. The van der Waals surface area contributed by atoms with Gasteiger partial charge < -0.3 is 25.2 Å². The number of para-hydroxylation sites is 1. The molecule has 0 aliphatic rings. The number of rotatable bonds is 8. The van der Waals surface area contributed by atoms with Crippen molar-refractivity contribution < 1.29 is 44.3 Å². The number of hydrogen-bond acceptors (Lipinski definition) is 5. The molecule has 1 atom stereocenters. The molecule has 4 N–H and O–H groups in total. The van der Waals surface area contributed by atoms with Gasteiger partial charge in [-0.25, -0.2) is 14.4 Å². The molecule has 23 heavy (non-hydrogen) atoms. The predicted octanol–water partition coefficient (Wildman–Crippen LogP) is 0.782. The first-order valence-electron chi connectivity index (χ1n) is 6.39. The smallest absolute Gasteiger partial charge is 0.360 e. The highest BCUT2D eigenvalue weighted by Crippen LogP contribution is 2.31. The molecule has 0 heterocycles. The van der Waals surface area contributed by atoms with Crippen molar-refractivity contribution in [3.05, 3.63) is 29.8 Å². The van der Waals surface area contributed by atoms with Crippen molar-refractivity contribution in [3.8, 4) is 5.75 Å². The van der Waals surface area contributed by atoms with Crippen molar-refractivity contribution in [2.24, 2.45) is 5.92 Å². The fourth-order valence-electron chi connectivity index (χ4n) is 2.09. The molecule has 0 aliphatic carbocycles. The van der Waals surface area contributed by atoms with Crippen molar-refractivity contribution in [2.45, 2.75) is 18.9 Å². The summed E-state index contributed by atoms with van der Waals surface area (Å²) < 4.78 is 4.97. The molecule has 0 saturated heterocycles. The molecule has 0 aromatic heterocycles. The fraction of sp³-hybridized carbons (Fsp3) is 0.286. The van der Waals surface area contributed by atoms with E-state index in [1.807, 2.05) is 0 Å². The first kappa shape index (κ1) is 18.0. The molecule has 1 unspecified atom stereocenters. The number of aromatic carboxylic acids is 1. The molecule has 0 bridgehead atoms. The molecule has 1 rings (SSSR count). The van der Waals surface area contributed by atoms with Gasteiger partial charge in [-0.3, -0.25) is 4.79 Å². The summed E-state index contributed by atoms with van der Waals surface area (Å²) in [6.45, 7) is 1.28. The molecule has 0 aliphatic heterocycles. The number of ether oxygens (including phenoxy) is 1. The standard InChI is InChI=1S/C14H14O9/c1-2-8(11(17)18)14(12(19)20,13(21)22)23-9-6-4-3-5-7(9)10(15)16/h3-6,8H,2H2,1H3,(H,15,16)(H,17,18)(H,19,20)(H,21,22). The second-order valence-electron chi connectivity index (χ2n) is 4.55. The summed E-state index contributed by atoms with van der Waals surface area (Å²) in [5, 5.41) is 36.8. The lowest BCUT2D eigenvalue weighted by Gasteiger charge is -2.31. The molecule has 9 nitrogen and oxygen atoms in total.